The second-order valence-electron chi connectivity index (χ2n) is 18.9. The van der Waals surface area contributed by atoms with Gasteiger partial charge in [0.2, 0.25) is 12.0 Å². The molecule has 1 aliphatic carbocycles. The molecule has 4 fully saturated rings. The first-order chi connectivity index (χ1) is 29.1. The molecule has 1 amide bonds. The lowest BCUT2D eigenvalue weighted by Crippen LogP contribution is -2.81. The Kier molecular flexibility index (Phi) is 9.76. The molecule has 2 aromatic rings. The van der Waals surface area contributed by atoms with Gasteiger partial charge in [-0.1, -0.05) is 44.2 Å². The van der Waals surface area contributed by atoms with Crippen LogP contribution in [0.5, 0.6) is 5.75 Å². The number of rotatable bonds is 8. The molecule has 3 saturated heterocycles. The van der Waals surface area contributed by atoms with Crippen molar-refractivity contribution >= 4 is 35.7 Å². The van der Waals surface area contributed by atoms with Gasteiger partial charge in [0.15, 0.2) is 6.10 Å². The number of ether oxygens (including phenoxy) is 4. The summed E-state index contributed by atoms with van der Waals surface area (Å²) in [5.41, 5.74) is -4.34. The molecular weight excluding hydrogens is 785 g/mol. The van der Waals surface area contributed by atoms with Crippen molar-refractivity contribution in [2.75, 3.05) is 64.3 Å². The molecule has 61 heavy (non-hydrogen) atoms. The van der Waals surface area contributed by atoms with Gasteiger partial charge < -0.3 is 49.2 Å². The predicted octanol–water partition coefficient (Wildman–Crippen LogP) is 3.43. The SMILES string of the molecule is CC[C@]1(O)CC2C[C@](C(=O)OC)(c3cc4c(cc3OC)N(C=O)[C@H]3C(O)(C(=O)OC)[C@H](OC(C)=O)[C@@]5(CC)C=CCN6CCC43[C@H]65)C3Nc4ccccc4C3CC[N@@+]([O-])(C2)C1. The van der Waals surface area contributed by atoms with E-state index in [1.165, 1.54) is 26.0 Å². The van der Waals surface area contributed by atoms with Gasteiger partial charge >= 0.3 is 17.9 Å². The molecule has 12 atom stereocenters. The highest BCUT2D eigenvalue weighted by atomic mass is 16.6. The summed E-state index contributed by atoms with van der Waals surface area (Å²) in [4.78, 5) is 60.1. The zero-order valence-corrected chi connectivity index (χ0v) is 35.8. The number of carbonyl (C=O) groups excluding carboxylic acids is 4. The molecule has 2 aromatic carbocycles. The zero-order chi connectivity index (χ0) is 43.5. The fourth-order valence-electron chi connectivity index (χ4n) is 14.2. The van der Waals surface area contributed by atoms with E-state index in [0.717, 1.165) is 18.4 Å². The third kappa shape index (κ3) is 5.45. The van der Waals surface area contributed by atoms with Crippen molar-refractivity contribution in [2.24, 2.45) is 11.3 Å². The Bertz CT molecular complexity index is 2200. The van der Waals surface area contributed by atoms with Crippen molar-refractivity contribution in [3.05, 3.63) is 70.4 Å². The highest BCUT2D eigenvalue weighted by Gasteiger charge is 2.81. The van der Waals surface area contributed by atoms with E-state index in [1.807, 2.05) is 56.3 Å². The smallest absolute Gasteiger partial charge is 0.344 e. The molecule has 328 valence electrons. The number of hydroxylamine groups is 3. The van der Waals surface area contributed by atoms with Crippen LogP contribution in [0.4, 0.5) is 11.4 Å². The van der Waals surface area contributed by atoms with Crippen LogP contribution in [0, 0.1) is 16.5 Å². The van der Waals surface area contributed by atoms with E-state index < -0.39 is 80.1 Å². The van der Waals surface area contributed by atoms with Crippen molar-refractivity contribution < 1.29 is 53.0 Å². The van der Waals surface area contributed by atoms with E-state index in [-0.39, 0.29) is 37.7 Å². The zero-order valence-electron chi connectivity index (χ0n) is 35.8. The van der Waals surface area contributed by atoms with Crippen molar-refractivity contribution in [1.82, 2.24) is 4.90 Å². The maximum absolute atomic E-state index is 15.4. The monoisotopic (exact) mass is 842 g/mol. The molecule has 0 aromatic heterocycles. The van der Waals surface area contributed by atoms with Gasteiger partial charge in [0.25, 0.3) is 0 Å². The molecule has 6 heterocycles. The molecule has 5 unspecified atom stereocenters. The average Bonchev–Trinajstić information content (AvgIpc) is 3.92. The number of amides is 1. The highest BCUT2D eigenvalue weighted by Crippen LogP contribution is 2.68. The van der Waals surface area contributed by atoms with Crippen LogP contribution in [0.2, 0.25) is 0 Å². The minimum atomic E-state index is -2.56. The van der Waals surface area contributed by atoms with Gasteiger partial charge in [-0.05, 0) is 61.9 Å². The summed E-state index contributed by atoms with van der Waals surface area (Å²) in [6.07, 6.45) is 5.06. The largest absolute Gasteiger partial charge is 0.633 e. The Morgan fingerprint density at radius 1 is 1.02 bits per heavy atom. The van der Waals surface area contributed by atoms with Gasteiger partial charge in [0.05, 0.1) is 52.2 Å². The van der Waals surface area contributed by atoms with Gasteiger partial charge in [0, 0.05) is 65.9 Å². The van der Waals surface area contributed by atoms with Gasteiger partial charge in [-0.2, -0.15) is 0 Å². The highest BCUT2D eigenvalue weighted by molar-refractivity contribution is 5.94. The summed E-state index contributed by atoms with van der Waals surface area (Å²) in [7, 11) is 4.02. The van der Waals surface area contributed by atoms with Crippen LogP contribution in [0.3, 0.4) is 0 Å². The number of quaternary nitrogens is 1. The maximum Gasteiger partial charge on any atom is 0.344 e. The Morgan fingerprint density at radius 3 is 2.44 bits per heavy atom. The molecule has 15 nitrogen and oxygen atoms in total. The Balaban J connectivity index is 1.35. The first-order valence-electron chi connectivity index (χ1n) is 21.7. The minimum absolute atomic E-state index is 0.0637. The van der Waals surface area contributed by atoms with Crippen LogP contribution in [0.15, 0.2) is 48.6 Å². The van der Waals surface area contributed by atoms with E-state index in [4.69, 9.17) is 18.9 Å². The van der Waals surface area contributed by atoms with Gasteiger partial charge in [-0.15, -0.1) is 0 Å². The number of aliphatic hydroxyl groups is 2. The van der Waals surface area contributed by atoms with E-state index in [1.54, 1.807) is 6.07 Å². The lowest BCUT2D eigenvalue weighted by atomic mass is 9.47. The first kappa shape index (κ1) is 41.8. The summed E-state index contributed by atoms with van der Waals surface area (Å²) < 4.78 is 23.1. The summed E-state index contributed by atoms with van der Waals surface area (Å²) in [6.45, 7) is 6.63. The second-order valence-corrected chi connectivity index (χ2v) is 18.9. The van der Waals surface area contributed by atoms with E-state index >= 15 is 4.79 Å². The Morgan fingerprint density at radius 2 is 1.77 bits per heavy atom. The number of hydrogen-bond donors (Lipinski definition) is 3. The number of methoxy groups -OCH3 is 3. The molecule has 1 saturated carbocycles. The third-order valence-electron chi connectivity index (χ3n) is 16.2. The molecule has 6 aliphatic heterocycles. The summed E-state index contributed by atoms with van der Waals surface area (Å²) in [6, 6.07) is 9.09. The Hall–Kier alpha value is -4.54. The topological polar surface area (TPSA) is 187 Å². The number of benzene rings is 2. The molecule has 3 N–H and O–H groups in total. The average molecular weight is 843 g/mol. The van der Waals surface area contributed by atoms with Crippen LogP contribution >= 0.6 is 0 Å². The lowest BCUT2D eigenvalue weighted by molar-refractivity contribution is -0.897. The van der Waals surface area contributed by atoms with Crippen molar-refractivity contribution in [1.29, 1.82) is 0 Å². The van der Waals surface area contributed by atoms with Gasteiger partial charge in [-0.3, -0.25) is 19.3 Å². The Labute approximate surface area is 356 Å². The number of piperidine rings is 1. The maximum atomic E-state index is 15.4. The first-order valence-corrected chi connectivity index (χ1v) is 21.7. The van der Waals surface area contributed by atoms with Crippen molar-refractivity contribution in [3.63, 3.8) is 0 Å². The number of para-hydroxylation sites is 1. The van der Waals surface area contributed by atoms with Crippen LogP contribution in [0.1, 0.15) is 81.9 Å². The van der Waals surface area contributed by atoms with Crippen molar-refractivity contribution in [2.45, 2.75) is 111 Å². The number of carbonyl (C=O) groups is 4. The number of nitrogens with zero attached hydrogens (tertiary/aromatic N) is 3. The normalized spacial score (nSPS) is 40.4. The van der Waals surface area contributed by atoms with Crippen LogP contribution in [-0.4, -0.2) is 134 Å². The predicted molar refractivity (Wildman–Crippen MR) is 222 cm³/mol. The standard InChI is InChI=1S/C46H58N4O11/c1-7-42(55)22-28-23-45(40(53)59-5,36-30(14-19-50(57,24-28)25-42)29-12-9-10-13-33(29)47-36)32-20-31-34(21-35(32)58-4)49(26-51)38-44(31)16-18-48-17-11-15-43(8-2,37(44)48)39(61-27(3)52)46(38,56)41(54)60-6/h9-13,15,20-21,26,28,30,36-39,47,55-56H,7-8,14,16-19,22-25H2,1-6H3/t28?,30?,36?,37-,38-,39-,42+,43+,44?,45+,46?,50-/m1/s1. The minimum Gasteiger partial charge on any atom is -0.633 e. The number of anilines is 2. The molecule has 2 bridgehead atoms. The molecule has 7 aliphatic rings. The summed E-state index contributed by atoms with van der Waals surface area (Å²) in [5.74, 6) is -2.77. The summed E-state index contributed by atoms with van der Waals surface area (Å²) >= 11 is 0. The number of esters is 3. The fourth-order valence-corrected chi connectivity index (χ4v) is 14.2. The molecule has 0 radical (unpaired) electrons. The number of hydrogen-bond acceptors (Lipinski definition) is 13. The lowest BCUT2D eigenvalue weighted by Gasteiger charge is -2.63. The molecule has 9 rings (SSSR count). The number of nitrogens with one attached hydrogen (secondary N) is 1. The van der Waals surface area contributed by atoms with E-state index in [9.17, 15) is 29.8 Å². The van der Waals surface area contributed by atoms with Gasteiger partial charge in [0.1, 0.15) is 23.3 Å². The third-order valence-corrected chi connectivity index (χ3v) is 16.2. The molecular formula is C46H58N4O11. The van der Waals surface area contributed by atoms with E-state index in [2.05, 4.69) is 10.2 Å². The van der Waals surface area contributed by atoms with Crippen LogP contribution in [-0.2, 0) is 44.2 Å². The quantitative estimate of drug-likeness (QED) is 0.0878. The van der Waals surface area contributed by atoms with Crippen molar-refractivity contribution in [3.8, 4) is 5.75 Å². The number of fused-ring (bicyclic) bond motifs is 6. The summed E-state index contributed by atoms with van der Waals surface area (Å²) in [5, 5.41) is 43.9. The second kappa shape index (κ2) is 14.2. The van der Waals surface area contributed by atoms with Gasteiger partial charge in [-0.25, -0.2) is 4.79 Å². The van der Waals surface area contributed by atoms with E-state index in [0.29, 0.717) is 68.4 Å². The fraction of sp³-hybridized carbons (Fsp3) is 0.609. The van der Waals surface area contributed by atoms with Crippen LogP contribution < -0.4 is 15.0 Å². The molecule has 1 spiro atoms. The molecule has 15 heteroatoms. The van der Waals surface area contributed by atoms with Crippen LogP contribution in [0.25, 0.3) is 0 Å².